The normalized spacial score (nSPS) is 10.2. The van der Waals surface area contributed by atoms with Gasteiger partial charge in [0.05, 0.1) is 6.20 Å². The SMILES string of the molecule is Fc1ccc(CNc2cccc(Nc3cnccn3)n2)cc1. The highest BCUT2D eigenvalue weighted by atomic mass is 19.1. The topological polar surface area (TPSA) is 62.7 Å². The maximum Gasteiger partial charge on any atom is 0.150 e. The average Bonchev–Trinajstić information content (AvgIpc) is 2.56. The highest BCUT2D eigenvalue weighted by Crippen LogP contribution is 2.14. The van der Waals surface area contributed by atoms with E-state index in [-0.39, 0.29) is 5.82 Å². The summed E-state index contributed by atoms with van der Waals surface area (Å²) in [6, 6.07) is 12.0. The van der Waals surface area contributed by atoms with E-state index < -0.39 is 0 Å². The van der Waals surface area contributed by atoms with E-state index in [1.165, 1.54) is 12.1 Å². The minimum Gasteiger partial charge on any atom is -0.366 e. The van der Waals surface area contributed by atoms with Gasteiger partial charge in [-0.05, 0) is 29.8 Å². The first kappa shape index (κ1) is 13.9. The second kappa shape index (κ2) is 6.62. The Balaban J connectivity index is 1.65. The quantitative estimate of drug-likeness (QED) is 0.755. The third kappa shape index (κ3) is 3.76. The van der Waals surface area contributed by atoms with E-state index >= 15 is 0 Å². The molecule has 0 fully saturated rings. The Kier molecular flexibility index (Phi) is 4.20. The van der Waals surface area contributed by atoms with Gasteiger partial charge in [0.25, 0.3) is 0 Å². The van der Waals surface area contributed by atoms with Crippen LogP contribution in [0.1, 0.15) is 5.56 Å². The molecule has 110 valence electrons. The van der Waals surface area contributed by atoms with Crippen molar-refractivity contribution >= 4 is 17.5 Å². The molecule has 5 nitrogen and oxygen atoms in total. The number of nitrogens with one attached hydrogen (secondary N) is 2. The van der Waals surface area contributed by atoms with Crippen LogP contribution in [0.5, 0.6) is 0 Å². The molecule has 0 aliphatic heterocycles. The molecule has 2 heterocycles. The Bertz CT molecular complexity index is 731. The molecule has 0 radical (unpaired) electrons. The highest BCUT2D eigenvalue weighted by Gasteiger charge is 2.00. The summed E-state index contributed by atoms with van der Waals surface area (Å²) in [7, 11) is 0. The van der Waals surface area contributed by atoms with E-state index in [0.717, 1.165) is 11.4 Å². The lowest BCUT2D eigenvalue weighted by Crippen LogP contribution is -2.03. The van der Waals surface area contributed by atoms with Gasteiger partial charge in [0.1, 0.15) is 23.3 Å². The molecule has 0 aliphatic carbocycles. The molecule has 6 heteroatoms. The van der Waals surface area contributed by atoms with Gasteiger partial charge in [0.2, 0.25) is 0 Å². The van der Waals surface area contributed by atoms with Crippen molar-refractivity contribution < 1.29 is 4.39 Å². The van der Waals surface area contributed by atoms with Crippen LogP contribution in [0.2, 0.25) is 0 Å². The Hall–Kier alpha value is -3.02. The molecular weight excluding hydrogens is 281 g/mol. The predicted octanol–water partition coefficient (Wildman–Crippen LogP) is 3.37. The summed E-state index contributed by atoms with van der Waals surface area (Å²) >= 11 is 0. The summed E-state index contributed by atoms with van der Waals surface area (Å²) in [4.78, 5) is 12.6. The monoisotopic (exact) mass is 295 g/mol. The molecule has 1 aromatic carbocycles. The van der Waals surface area contributed by atoms with E-state index in [1.807, 2.05) is 18.2 Å². The fraction of sp³-hybridized carbons (Fsp3) is 0.0625. The molecule has 2 aromatic heterocycles. The molecule has 0 unspecified atom stereocenters. The molecule has 0 bridgehead atoms. The first-order valence-electron chi connectivity index (χ1n) is 6.78. The number of pyridine rings is 1. The molecule has 0 atom stereocenters. The predicted molar refractivity (Wildman–Crippen MR) is 83.3 cm³/mol. The zero-order chi connectivity index (χ0) is 15.2. The van der Waals surface area contributed by atoms with Crippen LogP contribution < -0.4 is 10.6 Å². The second-order valence-corrected chi connectivity index (χ2v) is 4.60. The lowest BCUT2D eigenvalue weighted by molar-refractivity contribution is 0.627. The summed E-state index contributed by atoms with van der Waals surface area (Å²) in [5.41, 5.74) is 0.982. The van der Waals surface area contributed by atoms with Crippen LogP contribution in [-0.4, -0.2) is 15.0 Å². The number of aromatic nitrogens is 3. The number of hydrogen-bond donors (Lipinski definition) is 2. The Morgan fingerprint density at radius 3 is 2.50 bits per heavy atom. The summed E-state index contributed by atoms with van der Waals surface area (Å²) in [6.07, 6.45) is 4.85. The van der Waals surface area contributed by atoms with Gasteiger partial charge in [0, 0.05) is 18.9 Å². The smallest absolute Gasteiger partial charge is 0.150 e. The maximum atomic E-state index is 12.9. The van der Waals surface area contributed by atoms with E-state index in [2.05, 4.69) is 25.6 Å². The van der Waals surface area contributed by atoms with Gasteiger partial charge in [-0.1, -0.05) is 18.2 Å². The van der Waals surface area contributed by atoms with Gasteiger partial charge < -0.3 is 10.6 Å². The van der Waals surface area contributed by atoms with Crippen LogP contribution in [-0.2, 0) is 6.54 Å². The van der Waals surface area contributed by atoms with E-state index in [9.17, 15) is 4.39 Å². The van der Waals surface area contributed by atoms with Crippen LogP contribution in [0.4, 0.5) is 21.8 Å². The minimum absolute atomic E-state index is 0.239. The van der Waals surface area contributed by atoms with E-state index in [1.54, 1.807) is 30.7 Å². The third-order valence-corrected chi connectivity index (χ3v) is 2.96. The van der Waals surface area contributed by atoms with Crippen molar-refractivity contribution in [3.8, 4) is 0 Å². The van der Waals surface area contributed by atoms with E-state index in [0.29, 0.717) is 18.2 Å². The van der Waals surface area contributed by atoms with Gasteiger partial charge in [0.15, 0.2) is 0 Å². The zero-order valence-electron chi connectivity index (χ0n) is 11.7. The molecule has 0 spiro atoms. The molecule has 3 aromatic rings. The largest absolute Gasteiger partial charge is 0.366 e. The van der Waals surface area contributed by atoms with Crippen molar-refractivity contribution in [2.45, 2.75) is 6.54 Å². The number of benzene rings is 1. The van der Waals surface area contributed by atoms with Crippen LogP contribution >= 0.6 is 0 Å². The Labute approximate surface area is 127 Å². The van der Waals surface area contributed by atoms with Crippen molar-refractivity contribution in [2.75, 3.05) is 10.6 Å². The van der Waals surface area contributed by atoms with Crippen molar-refractivity contribution in [3.63, 3.8) is 0 Å². The first-order chi connectivity index (χ1) is 10.8. The van der Waals surface area contributed by atoms with Crippen LogP contribution in [0.15, 0.2) is 61.1 Å². The van der Waals surface area contributed by atoms with Gasteiger partial charge in [-0.15, -0.1) is 0 Å². The standard InChI is InChI=1S/C16H14FN5/c17-13-6-4-12(5-7-13)10-20-14-2-1-3-15(21-14)22-16-11-18-8-9-19-16/h1-9,11H,10H2,(H2,19,20,21,22). The Morgan fingerprint density at radius 2 is 1.73 bits per heavy atom. The maximum absolute atomic E-state index is 12.9. The molecule has 0 aliphatic rings. The third-order valence-electron chi connectivity index (χ3n) is 2.96. The highest BCUT2D eigenvalue weighted by molar-refractivity contribution is 5.53. The lowest BCUT2D eigenvalue weighted by Gasteiger charge is -2.08. The fourth-order valence-electron chi connectivity index (χ4n) is 1.89. The van der Waals surface area contributed by atoms with Crippen LogP contribution in [0.25, 0.3) is 0 Å². The average molecular weight is 295 g/mol. The zero-order valence-corrected chi connectivity index (χ0v) is 11.7. The van der Waals surface area contributed by atoms with E-state index in [4.69, 9.17) is 0 Å². The second-order valence-electron chi connectivity index (χ2n) is 4.60. The number of nitrogens with zero attached hydrogens (tertiary/aromatic N) is 3. The molecule has 3 rings (SSSR count). The molecule has 22 heavy (non-hydrogen) atoms. The fourth-order valence-corrected chi connectivity index (χ4v) is 1.89. The summed E-state index contributed by atoms with van der Waals surface area (Å²) in [6.45, 7) is 0.571. The van der Waals surface area contributed by atoms with Crippen molar-refractivity contribution in [3.05, 3.63) is 72.4 Å². The molecular formula is C16H14FN5. The van der Waals surface area contributed by atoms with Gasteiger partial charge in [-0.3, -0.25) is 4.98 Å². The molecule has 0 amide bonds. The molecule has 0 saturated heterocycles. The first-order valence-corrected chi connectivity index (χ1v) is 6.78. The molecule has 2 N–H and O–H groups in total. The van der Waals surface area contributed by atoms with Crippen molar-refractivity contribution in [1.82, 2.24) is 15.0 Å². The molecule has 0 saturated carbocycles. The van der Waals surface area contributed by atoms with Crippen LogP contribution in [0, 0.1) is 5.82 Å². The Morgan fingerprint density at radius 1 is 0.909 bits per heavy atom. The number of anilines is 3. The van der Waals surface area contributed by atoms with Gasteiger partial charge >= 0.3 is 0 Å². The number of hydrogen-bond acceptors (Lipinski definition) is 5. The van der Waals surface area contributed by atoms with Gasteiger partial charge in [-0.25, -0.2) is 14.4 Å². The minimum atomic E-state index is -0.239. The van der Waals surface area contributed by atoms with Crippen LogP contribution in [0.3, 0.4) is 0 Å². The number of halogens is 1. The van der Waals surface area contributed by atoms with Gasteiger partial charge in [-0.2, -0.15) is 0 Å². The van der Waals surface area contributed by atoms with Crippen molar-refractivity contribution in [2.24, 2.45) is 0 Å². The number of rotatable bonds is 5. The lowest BCUT2D eigenvalue weighted by atomic mass is 10.2. The summed E-state index contributed by atoms with van der Waals surface area (Å²) in [5, 5.41) is 6.27. The summed E-state index contributed by atoms with van der Waals surface area (Å²) in [5.74, 6) is 1.78. The summed E-state index contributed by atoms with van der Waals surface area (Å²) < 4.78 is 12.9. The van der Waals surface area contributed by atoms with Crippen molar-refractivity contribution in [1.29, 1.82) is 0 Å².